The van der Waals surface area contributed by atoms with Crippen LogP contribution in [0.4, 0.5) is 4.79 Å². The third-order valence-electron chi connectivity index (χ3n) is 1.99. The van der Waals surface area contributed by atoms with Crippen LogP contribution in [0.5, 0.6) is 0 Å². The van der Waals surface area contributed by atoms with Gasteiger partial charge in [0.25, 0.3) is 0 Å². The molecule has 0 saturated carbocycles. The summed E-state index contributed by atoms with van der Waals surface area (Å²) in [5.41, 5.74) is 1.04. The molecular formula is C10H11N5OS2. The van der Waals surface area contributed by atoms with Crippen LogP contribution in [0.2, 0.25) is 0 Å². The topological polar surface area (TPSA) is 82.7 Å². The van der Waals surface area contributed by atoms with Crippen LogP contribution in [0.25, 0.3) is 0 Å². The van der Waals surface area contributed by atoms with Gasteiger partial charge in [0.2, 0.25) is 10.3 Å². The van der Waals surface area contributed by atoms with E-state index in [0.29, 0.717) is 16.9 Å². The Hall–Kier alpha value is -1.67. The number of carbonyl (C=O) groups is 1. The van der Waals surface area contributed by atoms with Crippen LogP contribution in [-0.4, -0.2) is 21.2 Å². The number of benzene rings is 1. The predicted octanol–water partition coefficient (Wildman–Crippen LogP) is 1.60. The fourth-order valence-electron chi connectivity index (χ4n) is 1.19. The summed E-state index contributed by atoms with van der Waals surface area (Å²) in [7, 11) is 0. The highest BCUT2D eigenvalue weighted by Crippen LogP contribution is 2.08. The number of nitrogens with one attached hydrogen (secondary N) is 3. The van der Waals surface area contributed by atoms with E-state index in [0.717, 1.165) is 17.5 Å². The summed E-state index contributed by atoms with van der Waals surface area (Å²) in [4.78, 5) is 15.4. The van der Waals surface area contributed by atoms with Crippen LogP contribution in [0.3, 0.4) is 0 Å². The number of rotatable bonds is 4. The lowest BCUT2D eigenvalue weighted by Gasteiger charge is -2.05. The molecule has 0 radical (unpaired) electrons. The maximum Gasteiger partial charge on any atom is 0.325 e. The molecule has 2 rings (SSSR count). The highest BCUT2D eigenvalue weighted by atomic mass is 32.2. The second kappa shape index (κ2) is 6.31. The third kappa shape index (κ3) is 3.97. The van der Waals surface area contributed by atoms with E-state index in [1.54, 1.807) is 0 Å². The van der Waals surface area contributed by atoms with Crippen LogP contribution in [0.15, 0.2) is 40.6 Å². The van der Waals surface area contributed by atoms with Crippen LogP contribution in [-0.2, 0) is 6.54 Å². The fraction of sp³-hybridized carbons (Fsp3) is 0.100. The molecule has 0 atom stereocenters. The molecule has 2 aromatic rings. The molecule has 0 aliphatic carbocycles. The van der Waals surface area contributed by atoms with Gasteiger partial charge >= 0.3 is 6.03 Å². The summed E-state index contributed by atoms with van der Waals surface area (Å²) >= 11 is 4.99. The first-order chi connectivity index (χ1) is 8.74. The van der Waals surface area contributed by atoms with Gasteiger partial charge in [-0.2, -0.15) is 4.98 Å². The van der Waals surface area contributed by atoms with Gasteiger partial charge in [0.1, 0.15) is 0 Å². The van der Waals surface area contributed by atoms with Crippen molar-refractivity contribution in [1.82, 2.24) is 25.2 Å². The minimum absolute atomic E-state index is 0.291. The second-order valence-electron chi connectivity index (χ2n) is 3.31. The minimum atomic E-state index is -0.291. The van der Waals surface area contributed by atoms with Crippen LogP contribution in [0, 0.1) is 0 Å². The predicted molar refractivity (Wildman–Crippen MR) is 71.3 cm³/mol. The van der Waals surface area contributed by atoms with Gasteiger partial charge in [-0.05, 0) is 5.56 Å². The molecule has 8 heteroatoms. The molecule has 6 nitrogen and oxygen atoms in total. The standard InChI is InChI=1S/C10H11N5OS2/c16-8(11-6-7-4-2-1-3-5-7)15-18-10-12-9(17)13-14-10/h1-5H,6H2,(H2,11,15,16)(H2,12,13,14,17). The van der Waals surface area contributed by atoms with Gasteiger partial charge < -0.3 is 5.32 Å². The highest BCUT2D eigenvalue weighted by molar-refractivity contribution is 7.97. The Bertz CT molecular complexity index is 516. The monoisotopic (exact) mass is 281 g/mol. The molecule has 1 aromatic heterocycles. The van der Waals surface area contributed by atoms with Crippen molar-refractivity contribution in [3.8, 4) is 0 Å². The lowest BCUT2D eigenvalue weighted by molar-refractivity contribution is 0.246. The number of urea groups is 1. The Kier molecular flexibility index (Phi) is 4.48. The Morgan fingerprint density at radius 2 is 2.17 bits per heavy atom. The number of aromatic nitrogens is 3. The number of hydrogen-bond acceptors (Lipinski definition) is 5. The summed E-state index contributed by atoms with van der Waals surface area (Å²) in [6.45, 7) is 0.474. The molecule has 0 unspecified atom stereocenters. The number of nitrogens with zero attached hydrogens (tertiary/aromatic N) is 2. The second-order valence-corrected chi connectivity index (χ2v) is 4.51. The molecule has 18 heavy (non-hydrogen) atoms. The molecule has 1 aromatic carbocycles. The average molecular weight is 281 g/mol. The van der Waals surface area contributed by atoms with E-state index in [2.05, 4.69) is 37.8 Å². The number of thiol groups is 1. The van der Waals surface area contributed by atoms with Crippen molar-refractivity contribution in [2.24, 2.45) is 0 Å². The molecule has 0 saturated heterocycles. The van der Waals surface area contributed by atoms with E-state index in [1.165, 1.54) is 0 Å². The summed E-state index contributed by atoms with van der Waals surface area (Å²) in [5, 5.41) is 9.88. The molecule has 0 aliphatic heterocycles. The van der Waals surface area contributed by atoms with E-state index < -0.39 is 0 Å². The van der Waals surface area contributed by atoms with Crippen molar-refractivity contribution in [2.45, 2.75) is 16.9 Å². The third-order valence-corrected chi connectivity index (χ3v) is 2.85. The Morgan fingerprint density at radius 3 is 2.83 bits per heavy atom. The van der Waals surface area contributed by atoms with Crippen LogP contribution < -0.4 is 10.0 Å². The number of amides is 2. The largest absolute Gasteiger partial charge is 0.333 e. The molecule has 1 heterocycles. The van der Waals surface area contributed by atoms with Gasteiger partial charge in [-0.1, -0.05) is 30.3 Å². The van der Waals surface area contributed by atoms with Gasteiger partial charge in [-0.25, -0.2) is 4.79 Å². The molecule has 0 aliphatic rings. The first kappa shape index (κ1) is 12.8. The fourth-order valence-corrected chi connectivity index (χ4v) is 1.90. The molecule has 94 valence electrons. The molecule has 0 spiro atoms. The summed E-state index contributed by atoms with van der Waals surface area (Å²) < 4.78 is 2.58. The number of hydrogen-bond donors (Lipinski definition) is 4. The lowest BCUT2D eigenvalue weighted by atomic mass is 10.2. The van der Waals surface area contributed by atoms with Gasteiger partial charge in [0, 0.05) is 18.5 Å². The van der Waals surface area contributed by atoms with Crippen LogP contribution >= 0.6 is 24.6 Å². The number of H-pyrrole nitrogens is 1. The average Bonchev–Trinajstić information content (AvgIpc) is 2.81. The smallest absolute Gasteiger partial charge is 0.325 e. The van der Waals surface area contributed by atoms with Crippen molar-refractivity contribution in [3.05, 3.63) is 35.9 Å². The minimum Gasteiger partial charge on any atom is -0.333 e. The van der Waals surface area contributed by atoms with E-state index in [1.807, 2.05) is 30.3 Å². The molecule has 3 N–H and O–H groups in total. The van der Waals surface area contributed by atoms with Crippen molar-refractivity contribution >= 4 is 30.6 Å². The van der Waals surface area contributed by atoms with Crippen LogP contribution in [0.1, 0.15) is 5.56 Å². The first-order valence-corrected chi connectivity index (χ1v) is 6.36. The number of carbonyl (C=O) groups excluding carboxylic acids is 1. The Labute approximate surface area is 114 Å². The van der Waals surface area contributed by atoms with Gasteiger partial charge in [-0.15, -0.1) is 17.7 Å². The summed E-state index contributed by atoms with van der Waals surface area (Å²) in [6.07, 6.45) is 0. The van der Waals surface area contributed by atoms with Gasteiger partial charge in [-0.3, -0.25) is 9.82 Å². The number of aromatic amines is 1. The molecule has 0 fully saturated rings. The quantitative estimate of drug-likeness (QED) is 0.507. The van der Waals surface area contributed by atoms with E-state index in [9.17, 15) is 4.79 Å². The molecule has 2 amide bonds. The van der Waals surface area contributed by atoms with E-state index >= 15 is 0 Å². The molecule has 0 bridgehead atoms. The Morgan fingerprint density at radius 1 is 1.39 bits per heavy atom. The van der Waals surface area contributed by atoms with Crippen molar-refractivity contribution < 1.29 is 4.79 Å². The van der Waals surface area contributed by atoms with E-state index in [-0.39, 0.29) is 6.03 Å². The van der Waals surface area contributed by atoms with Crippen molar-refractivity contribution in [2.75, 3.05) is 0 Å². The normalized spacial score (nSPS) is 10.1. The molecular weight excluding hydrogens is 270 g/mol. The van der Waals surface area contributed by atoms with E-state index in [4.69, 9.17) is 0 Å². The zero-order valence-electron chi connectivity index (χ0n) is 9.25. The zero-order chi connectivity index (χ0) is 12.8. The SMILES string of the molecule is O=C(NCc1ccccc1)NSc1nc(S)n[nH]1. The van der Waals surface area contributed by atoms with Gasteiger partial charge in [0.05, 0.1) is 0 Å². The van der Waals surface area contributed by atoms with Crippen molar-refractivity contribution in [3.63, 3.8) is 0 Å². The highest BCUT2D eigenvalue weighted by Gasteiger charge is 2.04. The van der Waals surface area contributed by atoms with Crippen molar-refractivity contribution in [1.29, 1.82) is 0 Å². The Balaban J connectivity index is 1.73. The summed E-state index contributed by atoms with van der Waals surface area (Å²) in [5.74, 6) is 0. The maximum atomic E-state index is 11.5. The first-order valence-electron chi connectivity index (χ1n) is 5.10. The summed E-state index contributed by atoms with van der Waals surface area (Å²) in [6, 6.07) is 9.37. The zero-order valence-corrected chi connectivity index (χ0v) is 11.0. The maximum absolute atomic E-state index is 11.5. The van der Waals surface area contributed by atoms with Gasteiger partial charge in [0.15, 0.2) is 0 Å². The lowest BCUT2D eigenvalue weighted by Crippen LogP contribution is -2.30.